The molecule has 3 aromatic rings. The maximum absolute atomic E-state index is 12.9. The highest BCUT2D eigenvalue weighted by molar-refractivity contribution is 9.10. The standard InChI is InChI=1S/C21H13BrClF3N2O3/c1-12-16(23)3-2-4-17(12)27-11-13-9-15(22)6-8-19(13)31-20-7-5-14(21(24,25)26)10-18(20)28(29)30/h2-11H,1H3. The van der Waals surface area contributed by atoms with Crippen LogP contribution in [-0.2, 0) is 6.18 Å². The van der Waals surface area contributed by atoms with Crippen LogP contribution in [0, 0.1) is 17.0 Å². The normalized spacial score (nSPS) is 11.7. The zero-order valence-electron chi connectivity index (χ0n) is 15.8. The molecule has 0 radical (unpaired) electrons. The minimum atomic E-state index is -4.71. The lowest BCUT2D eigenvalue weighted by atomic mass is 10.1. The molecule has 0 atom stereocenters. The Labute approximate surface area is 188 Å². The first-order chi connectivity index (χ1) is 14.6. The molecule has 0 bridgehead atoms. The van der Waals surface area contributed by atoms with Crippen molar-refractivity contribution in [3.05, 3.63) is 90.9 Å². The number of halogens is 5. The third-order valence-corrected chi connectivity index (χ3v) is 5.16. The van der Waals surface area contributed by atoms with Crippen LogP contribution < -0.4 is 4.74 Å². The molecule has 3 rings (SSSR count). The van der Waals surface area contributed by atoms with Gasteiger partial charge in [-0.2, -0.15) is 13.2 Å². The third kappa shape index (κ3) is 5.42. The molecule has 0 aromatic heterocycles. The molecule has 0 saturated carbocycles. The highest BCUT2D eigenvalue weighted by Gasteiger charge is 2.33. The number of alkyl halides is 3. The minimum Gasteiger partial charge on any atom is -0.449 e. The number of benzene rings is 3. The van der Waals surface area contributed by atoms with Crippen LogP contribution >= 0.6 is 27.5 Å². The summed E-state index contributed by atoms with van der Waals surface area (Å²) in [4.78, 5) is 14.8. The SMILES string of the molecule is Cc1c(Cl)cccc1N=Cc1cc(Br)ccc1Oc1ccc(C(F)(F)F)cc1[N+](=O)[O-]. The summed E-state index contributed by atoms with van der Waals surface area (Å²) in [5.41, 5.74) is -0.120. The first kappa shape index (κ1) is 22.8. The average Bonchev–Trinajstić information content (AvgIpc) is 2.70. The lowest BCUT2D eigenvalue weighted by molar-refractivity contribution is -0.385. The van der Waals surface area contributed by atoms with Crippen LogP contribution in [0.1, 0.15) is 16.7 Å². The van der Waals surface area contributed by atoms with E-state index in [1.165, 1.54) is 12.3 Å². The summed E-state index contributed by atoms with van der Waals surface area (Å²) in [6.07, 6.45) is -3.23. The van der Waals surface area contributed by atoms with Gasteiger partial charge >= 0.3 is 11.9 Å². The van der Waals surface area contributed by atoms with E-state index in [0.29, 0.717) is 26.8 Å². The maximum atomic E-state index is 12.9. The van der Waals surface area contributed by atoms with Crippen LogP contribution in [0.5, 0.6) is 11.5 Å². The predicted octanol–water partition coefficient (Wildman–Crippen LogP) is 7.88. The van der Waals surface area contributed by atoms with Gasteiger partial charge < -0.3 is 4.74 Å². The molecule has 0 aliphatic carbocycles. The number of ether oxygens (including phenoxy) is 1. The Morgan fingerprint density at radius 2 is 1.84 bits per heavy atom. The third-order valence-electron chi connectivity index (χ3n) is 4.26. The van der Waals surface area contributed by atoms with Crippen LogP contribution in [0.15, 0.2) is 64.1 Å². The van der Waals surface area contributed by atoms with Crippen molar-refractivity contribution in [2.45, 2.75) is 13.1 Å². The van der Waals surface area contributed by atoms with E-state index >= 15 is 0 Å². The van der Waals surface area contributed by atoms with Gasteiger partial charge in [-0.05, 0) is 55.0 Å². The number of rotatable bonds is 5. The highest BCUT2D eigenvalue weighted by Crippen LogP contribution is 2.38. The topological polar surface area (TPSA) is 64.7 Å². The number of aliphatic imine (C=N–C) groups is 1. The summed E-state index contributed by atoms with van der Waals surface area (Å²) in [5.74, 6) is -0.150. The van der Waals surface area contributed by atoms with Gasteiger partial charge in [-0.15, -0.1) is 0 Å². The van der Waals surface area contributed by atoms with Crippen molar-refractivity contribution < 1.29 is 22.8 Å². The molecule has 0 unspecified atom stereocenters. The summed E-state index contributed by atoms with van der Waals surface area (Å²) in [7, 11) is 0. The number of nitro groups is 1. The summed E-state index contributed by atoms with van der Waals surface area (Å²) in [6, 6.07) is 12.1. The van der Waals surface area contributed by atoms with Gasteiger partial charge in [0, 0.05) is 27.3 Å². The Kier molecular flexibility index (Phi) is 6.66. The molecule has 0 spiro atoms. The van der Waals surface area contributed by atoms with Gasteiger partial charge in [0.25, 0.3) is 0 Å². The van der Waals surface area contributed by atoms with E-state index in [4.69, 9.17) is 16.3 Å². The summed E-state index contributed by atoms with van der Waals surface area (Å²) >= 11 is 9.43. The van der Waals surface area contributed by atoms with Crippen LogP contribution in [0.2, 0.25) is 5.02 Å². The molecule has 0 amide bonds. The lowest BCUT2D eigenvalue weighted by Crippen LogP contribution is -2.06. The molecular weight excluding hydrogens is 501 g/mol. The fourth-order valence-electron chi connectivity index (χ4n) is 2.63. The molecule has 10 heteroatoms. The van der Waals surface area contributed by atoms with Crippen LogP contribution in [0.3, 0.4) is 0 Å². The Morgan fingerprint density at radius 1 is 1.13 bits per heavy atom. The van der Waals surface area contributed by atoms with Crippen LogP contribution in [-0.4, -0.2) is 11.1 Å². The van der Waals surface area contributed by atoms with Crippen molar-refractivity contribution in [2.75, 3.05) is 0 Å². The smallest absolute Gasteiger partial charge is 0.416 e. The molecule has 31 heavy (non-hydrogen) atoms. The minimum absolute atomic E-state index is 0.175. The number of nitro benzene ring substituents is 1. The molecule has 0 N–H and O–H groups in total. The predicted molar refractivity (Wildman–Crippen MR) is 116 cm³/mol. The van der Waals surface area contributed by atoms with Crippen LogP contribution in [0.4, 0.5) is 24.5 Å². The quantitative estimate of drug-likeness (QED) is 0.198. The second-order valence-electron chi connectivity index (χ2n) is 6.36. The van der Waals surface area contributed by atoms with Crippen molar-refractivity contribution in [1.82, 2.24) is 0 Å². The molecular formula is C21H13BrClF3N2O3. The van der Waals surface area contributed by atoms with Crippen molar-refractivity contribution in [1.29, 1.82) is 0 Å². The van der Waals surface area contributed by atoms with E-state index in [1.807, 2.05) is 0 Å². The Bertz CT molecular complexity index is 1180. The Morgan fingerprint density at radius 3 is 2.52 bits per heavy atom. The zero-order valence-corrected chi connectivity index (χ0v) is 18.1. The van der Waals surface area contributed by atoms with Gasteiger partial charge in [-0.1, -0.05) is 33.6 Å². The largest absolute Gasteiger partial charge is 0.449 e. The number of hydrogen-bond acceptors (Lipinski definition) is 4. The Hall–Kier alpha value is -2.91. The molecule has 0 saturated heterocycles. The van der Waals surface area contributed by atoms with Gasteiger partial charge in [0.05, 0.1) is 16.2 Å². The molecule has 0 aliphatic heterocycles. The van der Waals surface area contributed by atoms with Crippen molar-refractivity contribution in [2.24, 2.45) is 4.99 Å². The molecule has 3 aromatic carbocycles. The number of nitrogens with zero attached hydrogens (tertiary/aromatic N) is 2. The molecule has 160 valence electrons. The first-order valence-electron chi connectivity index (χ1n) is 8.68. The first-order valence-corrected chi connectivity index (χ1v) is 9.85. The van der Waals surface area contributed by atoms with E-state index in [0.717, 1.165) is 17.7 Å². The van der Waals surface area contributed by atoms with Gasteiger partial charge in [0.2, 0.25) is 5.75 Å². The van der Waals surface area contributed by atoms with Crippen molar-refractivity contribution in [3.63, 3.8) is 0 Å². The highest BCUT2D eigenvalue weighted by atomic mass is 79.9. The lowest BCUT2D eigenvalue weighted by Gasteiger charge is -2.12. The van der Waals surface area contributed by atoms with E-state index in [2.05, 4.69) is 20.9 Å². The second kappa shape index (κ2) is 9.07. The number of hydrogen-bond donors (Lipinski definition) is 0. The van der Waals surface area contributed by atoms with Crippen molar-refractivity contribution >= 4 is 45.1 Å². The van der Waals surface area contributed by atoms with E-state index < -0.39 is 22.4 Å². The fraction of sp³-hybridized carbons (Fsp3) is 0.0952. The van der Waals surface area contributed by atoms with Gasteiger partial charge in [-0.3, -0.25) is 15.1 Å². The van der Waals surface area contributed by atoms with E-state index in [-0.39, 0.29) is 11.5 Å². The second-order valence-corrected chi connectivity index (χ2v) is 7.69. The summed E-state index contributed by atoms with van der Waals surface area (Å²) < 4.78 is 45.1. The molecule has 5 nitrogen and oxygen atoms in total. The molecule has 0 aliphatic rings. The zero-order chi connectivity index (χ0) is 22.8. The average molecular weight is 514 g/mol. The van der Waals surface area contributed by atoms with Gasteiger partial charge in [0.15, 0.2) is 0 Å². The monoisotopic (exact) mass is 512 g/mol. The van der Waals surface area contributed by atoms with E-state index in [9.17, 15) is 23.3 Å². The Balaban J connectivity index is 2.01. The van der Waals surface area contributed by atoms with Crippen molar-refractivity contribution in [3.8, 4) is 11.5 Å². The van der Waals surface area contributed by atoms with Gasteiger partial charge in [0.1, 0.15) is 5.75 Å². The fourth-order valence-corrected chi connectivity index (χ4v) is 3.18. The van der Waals surface area contributed by atoms with E-state index in [1.54, 1.807) is 37.3 Å². The summed E-state index contributed by atoms with van der Waals surface area (Å²) in [6.45, 7) is 1.80. The van der Waals surface area contributed by atoms with Gasteiger partial charge in [-0.25, -0.2) is 0 Å². The van der Waals surface area contributed by atoms with Crippen LogP contribution in [0.25, 0.3) is 0 Å². The summed E-state index contributed by atoms with van der Waals surface area (Å²) in [5, 5.41) is 11.9. The molecule has 0 fully saturated rings. The molecule has 0 heterocycles. The maximum Gasteiger partial charge on any atom is 0.416 e.